The van der Waals surface area contributed by atoms with Gasteiger partial charge in [-0.3, -0.25) is 9.52 Å². The van der Waals surface area contributed by atoms with E-state index in [0.717, 1.165) is 4.70 Å². The lowest BCUT2D eigenvalue weighted by Gasteiger charge is -2.37. The predicted octanol–water partition coefficient (Wildman–Crippen LogP) is 4.33. The minimum absolute atomic E-state index is 0.105. The van der Waals surface area contributed by atoms with Crippen LogP contribution in [0.2, 0.25) is 4.34 Å². The monoisotopic (exact) mass is 534 g/mol. The summed E-state index contributed by atoms with van der Waals surface area (Å²) in [6, 6.07) is 11.3. The van der Waals surface area contributed by atoms with Gasteiger partial charge < -0.3 is 10.0 Å². The average Bonchev–Trinajstić information content (AvgIpc) is 3.48. The highest BCUT2D eigenvalue weighted by atomic mass is 35.5. The van der Waals surface area contributed by atoms with Crippen LogP contribution in [0.15, 0.2) is 59.1 Å². The van der Waals surface area contributed by atoms with Gasteiger partial charge in [-0.25, -0.2) is 18.4 Å². The van der Waals surface area contributed by atoms with Crippen molar-refractivity contribution in [2.45, 2.75) is 23.3 Å². The summed E-state index contributed by atoms with van der Waals surface area (Å²) in [5, 5.41) is 11.5. The highest BCUT2D eigenvalue weighted by Gasteiger charge is 2.38. The maximum atomic E-state index is 13.0. The number of carbonyl (C=O) groups excluding carboxylic acids is 1. The number of anilines is 1. The van der Waals surface area contributed by atoms with Crippen LogP contribution in [0.1, 0.15) is 28.2 Å². The maximum absolute atomic E-state index is 13.0. The van der Waals surface area contributed by atoms with Crippen LogP contribution in [-0.4, -0.2) is 47.4 Å². The van der Waals surface area contributed by atoms with Gasteiger partial charge in [0, 0.05) is 37.2 Å². The summed E-state index contributed by atoms with van der Waals surface area (Å²) < 4.78 is 29.7. The second-order valence-electron chi connectivity index (χ2n) is 7.93. The van der Waals surface area contributed by atoms with Crippen LogP contribution in [0.3, 0.4) is 0 Å². The van der Waals surface area contributed by atoms with Crippen molar-refractivity contribution in [1.82, 2.24) is 14.9 Å². The summed E-state index contributed by atoms with van der Waals surface area (Å²) in [7, 11) is -3.84. The molecule has 1 amide bonds. The number of amides is 1. The van der Waals surface area contributed by atoms with Crippen LogP contribution >= 0.6 is 34.3 Å². The number of piperidine rings is 1. The van der Waals surface area contributed by atoms with Crippen molar-refractivity contribution >= 4 is 66.1 Å². The first-order chi connectivity index (χ1) is 16.2. The third-order valence-corrected chi connectivity index (χ3v) is 9.27. The molecule has 0 atom stereocenters. The molecule has 0 radical (unpaired) electrons. The van der Waals surface area contributed by atoms with E-state index in [9.17, 15) is 18.3 Å². The van der Waals surface area contributed by atoms with Crippen molar-refractivity contribution < 1.29 is 18.3 Å². The Morgan fingerprint density at radius 3 is 2.53 bits per heavy atom. The van der Waals surface area contributed by atoms with Gasteiger partial charge >= 0.3 is 0 Å². The highest BCUT2D eigenvalue weighted by Crippen LogP contribution is 2.37. The summed E-state index contributed by atoms with van der Waals surface area (Å²) in [6.07, 6.45) is 2.25. The zero-order chi connectivity index (χ0) is 23.9. The fourth-order valence-electron chi connectivity index (χ4n) is 3.91. The van der Waals surface area contributed by atoms with Crippen LogP contribution < -0.4 is 4.72 Å². The number of sulfonamides is 1. The molecule has 1 aliphatic heterocycles. The number of halogens is 1. The fraction of sp³-hybridized carbons (Fsp3) is 0.227. The van der Waals surface area contributed by atoms with Gasteiger partial charge in [0.2, 0.25) is 0 Å². The molecule has 1 saturated heterocycles. The molecule has 3 heterocycles. The van der Waals surface area contributed by atoms with Gasteiger partial charge in [-0.05, 0) is 36.4 Å². The number of hydrogen-bond donors (Lipinski definition) is 2. The molecule has 5 rings (SSSR count). The first kappa shape index (κ1) is 23.2. The van der Waals surface area contributed by atoms with E-state index < -0.39 is 15.6 Å². The first-order valence-electron chi connectivity index (χ1n) is 10.3. The number of hydrogen-bond acceptors (Lipinski definition) is 8. The second-order valence-corrected chi connectivity index (χ2v) is 12.1. The summed E-state index contributed by atoms with van der Waals surface area (Å²) in [5.41, 5.74) is 1.73. The number of para-hydroxylation sites is 1. The van der Waals surface area contributed by atoms with E-state index in [1.54, 1.807) is 40.7 Å². The Bertz CT molecular complexity index is 1460. The fourth-order valence-corrected chi connectivity index (χ4v) is 6.97. The Balaban J connectivity index is 1.26. The zero-order valence-electron chi connectivity index (χ0n) is 17.6. The lowest BCUT2D eigenvalue weighted by Crippen LogP contribution is -2.45. The molecule has 2 aromatic carbocycles. The van der Waals surface area contributed by atoms with Crippen LogP contribution in [0, 0.1) is 0 Å². The molecule has 1 aliphatic rings. The van der Waals surface area contributed by atoms with Gasteiger partial charge in [0.25, 0.3) is 15.9 Å². The highest BCUT2D eigenvalue weighted by molar-refractivity contribution is 7.93. The van der Waals surface area contributed by atoms with Crippen LogP contribution in [0.4, 0.5) is 5.69 Å². The van der Waals surface area contributed by atoms with Crippen molar-refractivity contribution in [3.8, 4) is 0 Å². The smallest absolute Gasteiger partial charge is 0.264 e. The van der Waals surface area contributed by atoms with Gasteiger partial charge in [-0.15, -0.1) is 22.7 Å². The Hall–Kier alpha value is -2.57. The lowest BCUT2D eigenvalue weighted by molar-refractivity contribution is -0.0212. The second kappa shape index (κ2) is 8.90. The van der Waals surface area contributed by atoms with E-state index in [2.05, 4.69) is 14.7 Å². The third-order valence-electron chi connectivity index (χ3n) is 5.75. The number of likely N-dealkylation sites (tertiary alicyclic amines) is 1. The number of rotatable bonds is 5. The minimum Gasteiger partial charge on any atom is -0.383 e. The van der Waals surface area contributed by atoms with Gasteiger partial charge in [-0.2, -0.15) is 0 Å². The number of fused-ring (bicyclic) bond motifs is 1. The Morgan fingerprint density at radius 1 is 1.12 bits per heavy atom. The van der Waals surface area contributed by atoms with E-state index in [4.69, 9.17) is 11.6 Å². The van der Waals surface area contributed by atoms with E-state index in [1.165, 1.54) is 34.9 Å². The van der Waals surface area contributed by atoms with Crippen LogP contribution in [0.5, 0.6) is 0 Å². The van der Waals surface area contributed by atoms with Crippen molar-refractivity contribution in [1.29, 1.82) is 0 Å². The molecule has 0 aliphatic carbocycles. The number of nitrogens with zero attached hydrogens (tertiary/aromatic N) is 3. The van der Waals surface area contributed by atoms with Gasteiger partial charge in [0.15, 0.2) is 0 Å². The number of aromatic nitrogens is 2. The number of aliphatic hydroxyl groups is 1. The number of nitrogens with one attached hydrogen (secondary N) is 1. The molecule has 2 aromatic heterocycles. The van der Waals surface area contributed by atoms with Gasteiger partial charge in [0.05, 0.1) is 16.4 Å². The summed E-state index contributed by atoms with van der Waals surface area (Å²) >= 11 is 8.56. The van der Waals surface area contributed by atoms with E-state index >= 15 is 0 Å². The minimum atomic E-state index is -3.84. The van der Waals surface area contributed by atoms with Crippen molar-refractivity contribution in [2.75, 3.05) is 17.8 Å². The molecule has 12 heteroatoms. The lowest BCUT2D eigenvalue weighted by atomic mass is 9.92. The first-order valence-corrected chi connectivity index (χ1v) is 13.9. The van der Waals surface area contributed by atoms with Crippen molar-refractivity contribution in [3.05, 3.63) is 69.1 Å². The maximum Gasteiger partial charge on any atom is 0.264 e. The molecule has 0 unspecified atom stereocenters. The zero-order valence-corrected chi connectivity index (χ0v) is 20.8. The molecular weight excluding hydrogens is 516 g/mol. The number of benzene rings is 2. The molecule has 0 saturated carbocycles. The summed E-state index contributed by atoms with van der Waals surface area (Å²) in [4.78, 5) is 23.1. The SMILES string of the molecule is O=C(c1ccc(NS(=O)(=O)c2cccc3scnc23)cc1)N1CCC(O)(c2ncc(Cl)s2)CC1. The molecule has 0 spiro atoms. The molecule has 0 bridgehead atoms. The third kappa shape index (κ3) is 4.41. The number of thiazole rings is 2. The Morgan fingerprint density at radius 2 is 1.85 bits per heavy atom. The largest absolute Gasteiger partial charge is 0.383 e. The summed E-state index contributed by atoms with van der Waals surface area (Å²) in [5.74, 6) is -0.180. The van der Waals surface area contributed by atoms with Crippen LogP contribution in [0.25, 0.3) is 10.2 Å². The predicted molar refractivity (Wildman–Crippen MR) is 133 cm³/mol. The van der Waals surface area contributed by atoms with E-state index in [-0.39, 0.29) is 10.8 Å². The molecule has 1 fully saturated rings. The molecule has 8 nitrogen and oxygen atoms in total. The molecular formula is C22H19ClN4O4S3. The quantitative estimate of drug-likeness (QED) is 0.394. The van der Waals surface area contributed by atoms with Crippen molar-refractivity contribution in [2.24, 2.45) is 0 Å². The van der Waals surface area contributed by atoms with E-state index in [1.807, 2.05) is 6.07 Å². The number of carbonyl (C=O) groups is 1. The summed E-state index contributed by atoms with van der Waals surface area (Å²) in [6.45, 7) is 0.747. The Labute approximate surface area is 208 Å². The van der Waals surface area contributed by atoms with Gasteiger partial charge in [-0.1, -0.05) is 17.7 Å². The van der Waals surface area contributed by atoms with Crippen molar-refractivity contribution in [3.63, 3.8) is 0 Å². The van der Waals surface area contributed by atoms with Crippen LogP contribution in [-0.2, 0) is 15.6 Å². The molecule has 2 N–H and O–H groups in total. The topological polar surface area (TPSA) is 112 Å². The molecule has 4 aromatic rings. The normalized spacial score (nSPS) is 16.0. The molecule has 176 valence electrons. The Kier molecular flexibility index (Phi) is 6.07. The standard InChI is InChI=1S/C22H19ClN4O4S3/c23-18-12-24-21(33-18)22(29)8-10-27(11-9-22)20(28)14-4-6-15(7-5-14)26-34(30,31)17-3-1-2-16-19(17)25-13-32-16/h1-7,12-13,26,29H,8-11H2. The van der Waals surface area contributed by atoms with Gasteiger partial charge in [0.1, 0.15) is 25.4 Å². The average molecular weight is 535 g/mol. The molecule has 34 heavy (non-hydrogen) atoms. The van der Waals surface area contributed by atoms with E-state index in [0.29, 0.717) is 52.0 Å².